The Kier molecular flexibility index (Phi) is 3.83. The maximum Gasteiger partial charge on any atom is 0.126 e. The van der Waals surface area contributed by atoms with E-state index < -0.39 is 11.6 Å². The molecule has 90 valence electrons. The monoisotopic (exact) mass is 254 g/mol. The molecule has 2 nitrogen and oxygen atoms in total. The van der Waals surface area contributed by atoms with Gasteiger partial charge in [-0.1, -0.05) is 0 Å². The molecule has 0 spiro atoms. The summed E-state index contributed by atoms with van der Waals surface area (Å²) in [7, 11) is 0. The molecule has 0 aliphatic heterocycles. The molecule has 0 saturated carbocycles. The molecule has 0 fully saturated rings. The van der Waals surface area contributed by atoms with Crippen LogP contribution >= 0.6 is 11.3 Å². The van der Waals surface area contributed by atoms with Crippen LogP contribution in [0.5, 0.6) is 0 Å². The van der Waals surface area contributed by atoms with E-state index in [1.807, 2.05) is 16.8 Å². The van der Waals surface area contributed by atoms with Gasteiger partial charge in [0.05, 0.1) is 6.04 Å². The number of hydrazine groups is 1. The number of hydrogen-bond acceptors (Lipinski definition) is 3. The first-order valence-electron chi connectivity index (χ1n) is 5.12. The average molecular weight is 254 g/mol. The summed E-state index contributed by atoms with van der Waals surface area (Å²) in [4.78, 5) is 0. The fraction of sp³-hybridized carbons (Fsp3) is 0.167. The van der Waals surface area contributed by atoms with Crippen molar-refractivity contribution in [3.63, 3.8) is 0 Å². The molecule has 0 amide bonds. The van der Waals surface area contributed by atoms with Crippen LogP contribution in [0.3, 0.4) is 0 Å². The summed E-state index contributed by atoms with van der Waals surface area (Å²) >= 11 is 1.56. The maximum atomic E-state index is 13.0. The molecule has 0 aliphatic carbocycles. The average Bonchev–Trinajstić information content (AvgIpc) is 2.77. The van der Waals surface area contributed by atoms with Gasteiger partial charge < -0.3 is 0 Å². The van der Waals surface area contributed by atoms with Crippen molar-refractivity contribution < 1.29 is 8.78 Å². The summed E-state index contributed by atoms with van der Waals surface area (Å²) < 4.78 is 26.1. The van der Waals surface area contributed by atoms with E-state index in [-0.39, 0.29) is 6.04 Å². The Bertz CT molecular complexity index is 465. The van der Waals surface area contributed by atoms with Gasteiger partial charge in [0, 0.05) is 6.07 Å². The maximum absolute atomic E-state index is 13.0. The standard InChI is InChI=1S/C12H12F2N2S/c13-10-3-8(4-11(14)6-10)5-12(16-15)9-1-2-17-7-9/h1-4,6-7,12,16H,5,15H2. The van der Waals surface area contributed by atoms with Gasteiger partial charge in [-0.05, 0) is 46.5 Å². The Morgan fingerprint density at radius 1 is 1.24 bits per heavy atom. The molecule has 2 aromatic rings. The molecule has 1 aromatic heterocycles. The lowest BCUT2D eigenvalue weighted by Gasteiger charge is -2.14. The summed E-state index contributed by atoms with van der Waals surface area (Å²) in [5.41, 5.74) is 4.25. The molecule has 0 bridgehead atoms. The summed E-state index contributed by atoms with van der Waals surface area (Å²) in [5, 5.41) is 3.89. The first kappa shape index (κ1) is 12.2. The molecule has 2 rings (SSSR count). The van der Waals surface area contributed by atoms with Crippen LogP contribution in [0.1, 0.15) is 17.2 Å². The summed E-state index contributed by atoms with van der Waals surface area (Å²) in [6.07, 6.45) is 0.446. The minimum Gasteiger partial charge on any atom is -0.271 e. The summed E-state index contributed by atoms with van der Waals surface area (Å²) in [5.74, 6) is 4.32. The molecule has 1 atom stereocenters. The van der Waals surface area contributed by atoms with E-state index in [0.717, 1.165) is 11.6 Å². The van der Waals surface area contributed by atoms with E-state index in [4.69, 9.17) is 5.84 Å². The molecular formula is C12H12F2N2S. The zero-order valence-electron chi connectivity index (χ0n) is 8.99. The Hall–Kier alpha value is -1.30. The minimum absolute atomic E-state index is 0.137. The smallest absolute Gasteiger partial charge is 0.126 e. The topological polar surface area (TPSA) is 38.0 Å². The summed E-state index contributed by atoms with van der Waals surface area (Å²) in [6, 6.07) is 5.30. The number of rotatable bonds is 4. The van der Waals surface area contributed by atoms with Crippen LogP contribution in [0, 0.1) is 11.6 Å². The largest absolute Gasteiger partial charge is 0.271 e. The predicted octanol–water partition coefficient (Wildman–Crippen LogP) is 2.77. The summed E-state index contributed by atoms with van der Waals surface area (Å²) in [6.45, 7) is 0. The van der Waals surface area contributed by atoms with Crippen molar-refractivity contribution in [3.8, 4) is 0 Å². The Labute approximate surface area is 102 Å². The number of thiophene rings is 1. The Morgan fingerprint density at radius 2 is 1.94 bits per heavy atom. The van der Waals surface area contributed by atoms with Crippen molar-refractivity contribution in [2.45, 2.75) is 12.5 Å². The van der Waals surface area contributed by atoms with Gasteiger partial charge in [-0.15, -0.1) is 0 Å². The van der Waals surface area contributed by atoms with Crippen LogP contribution in [0.15, 0.2) is 35.0 Å². The van der Waals surface area contributed by atoms with Gasteiger partial charge in [-0.3, -0.25) is 11.3 Å². The molecule has 1 aromatic carbocycles. The quantitative estimate of drug-likeness (QED) is 0.650. The highest BCUT2D eigenvalue weighted by Gasteiger charge is 2.12. The van der Waals surface area contributed by atoms with Crippen LogP contribution in [0.2, 0.25) is 0 Å². The van der Waals surface area contributed by atoms with E-state index in [9.17, 15) is 8.78 Å². The van der Waals surface area contributed by atoms with Crippen LogP contribution in [0.4, 0.5) is 8.78 Å². The van der Waals surface area contributed by atoms with Gasteiger partial charge in [-0.25, -0.2) is 8.78 Å². The van der Waals surface area contributed by atoms with Crippen LogP contribution in [-0.2, 0) is 6.42 Å². The van der Waals surface area contributed by atoms with E-state index >= 15 is 0 Å². The van der Waals surface area contributed by atoms with E-state index in [1.54, 1.807) is 11.3 Å². The van der Waals surface area contributed by atoms with Crippen LogP contribution < -0.4 is 11.3 Å². The second-order valence-corrected chi connectivity index (χ2v) is 4.54. The van der Waals surface area contributed by atoms with Crippen molar-refractivity contribution in [1.29, 1.82) is 0 Å². The second-order valence-electron chi connectivity index (χ2n) is 3.76. The van der Waals surface area contributed by atoms with Crippen molar-refractivity contribution in [2.75, 3.05) is 0 Å². The molecule has 17 heavy (non-hydrogen) atoms. The van der Waals surface area contributed by atoms with E-state index in [0.29, 0.717) is 12.0 Å². The molecule has 0 aliphatic rings. The number of halogens is 2. The van der Waals surface area contributed by atoms with Crippen LogP contribution in [-0.4, -0.2) is 0 Å². The first-order valence-corrected chi connectivity index (χ1v) is 6.06. The van der Waals surface area contributed by atoms with Crippen molar-refractivity contribution in [2.24, 2.45) is 5.84 Å². The fourth-order valence-corrected chi connectivity index (χ4v) is 2.43. The van der Waals surface area contributed by atoms with Gasteiger partial charge in [0.25, 0.3) is 0 Å². The van der Waals surface area contributed by atoms with Gasteiger partial charge >= 0.3 is 0 Å². The lowest BCUT2D eigenvalue weighted by Crippen LogP contribution is -2.29. The lowest BCUT2D eigenvalue weighted by molar-refractivity contribution is 0.541. The third-order valence-electron chi connectivity index (χ3n) is 2.51. The minimum atomic E-state index is -0.568. The zero-order valence-corrected chi connectivity index (χ0v) is 9.81. The van der Waals surface area contributed by atoms with Crippen molar-refractivity contribution >= 4 is 11.3 Å². The molecule has 3 N–H and O–H groups in total. The van der Waals surface area contributed by atoms with E-state index in [1.165, 1.54) is 12.1 Å². The Morgan fingerprint density at radius 3 is 2.47 bits per heavy atom. The number of hydrogen-bond donors (Lipinski definition) is 2. The molecule has 0 radical (unpaired) electrons. The molecular weight excluding hydrogens is 242 g/mol. The lowest BCUT2D eigenvalue weighted by atomic mass is 10.0. The van der Waals surface area contributed by atoms with Crippen molar-refractivity contribution in [3.05, 3.63) is 57.8 Å². The van der Waals surface area contributed by atoms with Gasteiger partial charge in [0.15, 0.2) is 0 Å². The van der Waals surface area contributed by atoms with Crippen molar-refractivity contribution in [1.82, 2.24) is 5.43 Å². The number of nitrogens with one attached hydrogen (secondary N) is 1. The second kappa shape index (κ2) is 5.35. The van der Waals surface area contributed by atoms with Crippen LogP contribution in [0.25, 0.3) is 0 Å². The highest BCUT2D eigenvalue weighted by atomic mass is 32.1. The highest BCUT2D eigenvalue weighted by molar-refractivity contribution is 7.07. The third kappa shape index (κ3) is 3.09. The normalized spacial score (nSPS) is 12.6. The number of nitrogens with two attached hydrogens (primary N) is 1. The van der Waals surface area contributed by atoms with Gasteiger partial charge in [0.2, 0.25) is 0 Å². The van der Waals surface area contributed by atoms with Gasteiger partial charge in [0.1, 0.15) is 11.6 Å². The SMILES string of the molecule is NNC(Cc1cc(F)cc(F)c1)c1ccsc1. The zero-order chi connectivity index (χ0) is 12.3. The third-order valence-corrected chi connectivity index (χ3v) is 3.21. The molecule has 0 saturated heterocycles. The van der Waals surface area contributed by atoms with E-state index in [2.05, 4.69) is 5.43 Å². The fourth-order valence-electron chi connectivity index (χ4n) is 1.71. The molecule has 5 heteroatoms. The highest BCUT2D eigenvalue weighted by Crippen LogP contribution is 2.21. The van der Waals surface area contributed by atoms with Gasteiger partial charge in [-0.2, -0.15) is 11.3 Å². The Balaban J connectivity index is 2.18. The predicted molar refractivity (Wildman–Crippen MR) is 64.4 cm³/mol. The first-order chi connectivity index (χ1) is 8.19. The molecule has 1 heterocycles. The molecule has 1 unspecified atom stereocenters. The number of benzene rings is 1.